The first-order chi connectivity index (χ1) is 6.43. The maximum Gasteiger partial charge on any atom is 0.451 e. The van der Waals surface area contributed by atoms with Crippen molar-refractivity contribution >= 4 is 23.4 Å². The summed E-state index contributed by atoms with van der Waals surface area (Å²) in [5, 5.41) is 0.0445. The summed E-state index contributed by atoms with van der Waals surface area (Å²) in [6, 6.07) is 1.31. The van der Waals surface area contributed by atoms with Crippen molar-refractivity contribution in [1.82, 2.24) is 9.97 Å². The van der Waals surface area contributed by atoms with Gasteiger partial charge in [0.05, 0.1) is 0 Å². The summed E-state index contributed by atoms with van der Waals surface area (Å²) in [5.74, 6) is -0.564. The van der Waals surface area contributed by atoms with Crippen LogP contribution in [0.15, 0.2) is 11.1 Å². The second-order valence-corrected chi connectivity index (χ2v) is 3.95. The number of alkyl halides is 3. The third-order valence-corrected chi connectivity index (χ3v) is 2.20. The third kappa shape index (κ3) is 3.02. The number of hydrogen-bond acceptors (Lipinski definition) is 3. The summed E-state index contributed by atoms with van der Waals surface area (Å²) in [6.45, 7) is 1.81. The summed E-state index contributed by atoms with van der Waals surface area (Å²) in [6.07, 6.45) is -4.55. The largest absolute Gasteiger partial charge is 0.451 e. The fraction of sp³-hybridized carbons (Fsp3) is 0.429. The minimum absolute atomic E-state index is 0.191. The van der Waals surface area contributed by atoms with E-state index < -0.39 is 12.0 Å². The minimum atomic E-state index is -4.55. The van der Waals surface area contributed by atoms with Crippen LogP contribution in [0, 0.1) is 0 Å². The van der Waals surface area contributed by atoms with Crippen molar-refractivity contribution in [3.63, 3.8) is 0 Å². The Morgan fingerprint density at radius 2 is 2.07 bits per heavy atom. The third-order valence-electron chi connectivity index (χ3n) is 1.22. The van der Waals surface area contributed by atoms with Gasteiger partial charge in [0.25, 0.3) is 0 Å². The molecule has 2 nitrogen and oxygen atoms in total. The van der Waals surface area contributed by atoms with E-state index in [1.54, 1.807) is 0 Å². The van der Waals surface area contributed by atoms with Crippen LogP contribution in [0.25, 0.3) is 0 Å². The molecule has 0 fully saturated rings. The van der Waals surface area contributed by atoms with Gasteiger partial charge in [-0.3, -0.25) is 0 Å². The van der Waals surface area contributed by atoms with Gasteiger partial charge in [0.2, 0.25) is 5.82 Å². The molecule has 1 aromatic rings. The lowest BCUT2D eigenvalue weighted by Gasteiger charge is -2.06. The highest BCUT2D eigenvalue weighted by molar-refractivity contribution is 7.99. The summed E-state index contributed by atoms with van der Waals surface area (Å²) in [7, 11) is 0. The van der Waals surface area contributed by atoms with E-state index in [0.717, 1.165) is 0 Å². The monoisotopic (exact) mass is 242 g/mol. The van der Waals surface area contributed by atoms with Gasteiger partial charge >= 0.3 is 6.18 Å². The normalized spacial score (nSPS) is 11.8. The van der Waals surface area contributed by atoms with E-state index in [1.807, 2.05) is 6.92 Å². The SMILES string of the molecule is CCSc1cc(Cl)nc(C(F)(F)F)n1. The van der Waals surface area contributed by atoms with Crippen LogP contribution in [0.5, 0.6) is 0 Å². The van der Waals surface area contributed by atoms with E-state index in [4.69, 9.17) is 11.6 Å². The Kier molecular flexibility index (Phi) is 3.60. The van der Waals surface area contributed by atoms with E-state index in [9.17, 15) is 13.2 Å². The summed E-state index contributed by atoms with van der Waals surface area (Å²) >= 11 is 6.61. The molecule has 0 aliphatic heterocycles. The zero-order chi connectivity index (χ0) is 10.8. The van der Waals surface area contributed by atoms with Crippen LogP contribution in [0.3, 0.4) is 0 Å². The van der Waals surface area contributed by atoms with Crippen molar-refractivity contribution in [3.8, 4) is 0 Å². The van der Waals surface area contributed by atoms with Gasteiger partial charge in [-0.05, 0) is 5.75 Å². The summed E-state index contributed by atoms with van der Waals surface area (Å²) in [4.78, 5) is 6.44. The van der Waals surface area contributed by atoms with Crippen molar-refractivity contribution in [2.24, 2.45) is 0 Å². The van der Waals surface area contributed by atoms with Gasteiger partial charge in [-0.25, -0.2) is 9.97 Å². The average molecular weight is 243 g/mol. The quantitative estimate of drug-likeness (QED) is 0.588. The van der Waals surface area contributed by atoms with Gasteiger partial charge in [0.1, 0.15) is 10.2 Å². The molecule has 7 heteroatoms. The molecular formula is C7H6ClF3N2S. The zero-order valence-electron chi connectivity index (χ0n) is 7.10. The van der Waals surface area contributed by atoms with Crippen LogP contribution in [0.1, 0.15) is 12.7 Å². The lowest BCUT2D eigenvalue weighted by Crippen LogP contribution is -2.11. The first-order valence-corrected chi connectivity index (χ1v) is 5.04. The topological polar surface area (TPSA) is 25.8 Å². The van der Waals surface area contributed by atoms with Crippen LogP contribution in [-0.2, 0) is 6.18 Å². The van der Waals surface area contributed by atoms with Gasteiger partial charge in [0, 0.05) is 6.07 Å². The minimum Gasteiger partial charge on any atom is -0.218 e. The van der Waals surface area contributed by atoms with Crippen molar-refractivity contribution in [3.05, 3.63) is 17.0 Å². The molecule has 0 aromatic carbocycles. The Morgan fingerprint density at radius 1 is 1.43 bits per heavy atom. The Bertz CT molecular complexity index is 329. The number of aromatic nitrogens is 2. The standard InChI is InChI=1S/C7H6ClF3N2S/c1-2-14-5-3-4(8)12-6(13-5)7(9,10)11/h3H,2H2,1H3. The Hall–Kier alpha value is -0.490. The summed E-state index contributed by atoms with van der Waals surface area (Å²) in [5.41, 5.74) is 0. The predicted molar refractivity (Wildman–Crippen MR) is 48.4 cm³/mol. The molecule has 0 spiro atoms. The van der Waals surface area contributed by atoms with Crippen LogP contribution < -0.4 is 0 Å². The smallest absolute Gasteiger partial charge is 0.218 e. The summed E-state index contributed by atoms with van der Waals surface area (Å²) < 4.78 is 36.6. The molecule has 0 bridgehead atoms. The van der Waals surface area contributed by atoms with Gasteiger partial charge in [-0.1, -0.05) is 18.5 Å². The van der Waals surface area contributed by atoms with Crippen molar-refractivity contribution in [1.29, 1.82) is 0 Å². The van der Waals surface area contributed by atoms with Crippen molar-refractivity contribution < 1.29 is 13.2 Å². The molecule has 14 heavy (non-hydrogen) atoms. The predicted octanol–water partition coefficient (Wildman–Crippen LogP) is 3.26. The molecule has 0 atom stereocenters. The molecular weight excluding hydrogens is 237 g/mol. The Morgan fingerprint density at radius 3 is 2.57 bits per heavy atom. The highest BCUT2D eigenvalue weighted by Crippen LogP contribution is 2.29. The molecule has 0 saturated carbocycles. The maximum absolute atomic E-state index is 12.2. The lowest BCUT2D eigenvalue weighted by molar-refractivity contribution is -0.145. The van der Waals surface area contributed by atoms with E-state index in [2.05, 4.69) is 9.97 Å². The molecule has 1 heterocycles. The Labute approximate surface area is 87.9 Å². The van der Waals surface area contributed by atoms with Gasteiger partial charge < -0.3 is 0 Å². The molecule has 0 saturated heterocycles. The first kappa shape index (κ1) is 11.6. The van der Waals surface area contributed by atoms with Crippen LogP contribution in [-0.4, -0.2) is 15.7 Å². The van der Waals surface area contributed by atoms with Gasteiger partial charge in [0.15, 0.2) is 0 Å². The van der Waals surface area contributed by atoms with Crippen molar-refractivity contribution in [2.75, 3.05) is 5.75 Å². The number of nitrogens with zero attached hydrogens (tertiary/aromatic N) is 2. The Balaban J connectivity index is 3.07. The van der Waals surface area contributed by atoms with E-state index in [-0.39, 0.29) is 10.2 Å². The number of thioether (sulfide) groups is 1. The van der Waals surface area contributed by atoms with Crippen molar-refractivity contribution in [2.45, 2.75) is 18.1 Å². The highest BCUT2D eigenvalue weighted by atomic mass is 35.5. The second-order valence-electron chi connectivity index (χ2n) is 2.28. The molecule has 0 N–H and O–H groups in total. The van der Waals surface area contributed by atoms with Gasteiger partial charge in [-0.15, -0.1) is 11.8 Å². The average Bonchev–Trinajstić information content (AvgIpc) is 2.02. The molecule has 1 rings (SSSR count). The number of rotatable bonds is 2. The highest BCUT2D eigenvalue weighted by Gasteiger charge is 2.35. The number of hydrogen-bond donors (Lipinski definition) is 0. The molecule has 0 radical (unpaired) electrons. The first-order valence-electron chi connectivity index (χ1n) is 3.68. The van der Waals surface area contributed by atoms with E-state index >= 15 is 0 Å². The van der Waals surface area contributed by atoms with Gasteiger partial charge in [-0.2, -0.15) is 13.2 Å². The van der Waals surface area contributed by atoms with E-state index in [1.165, 1.54) is 17.8 Å². The molecule has 0 amide bonds. The van der Waals surface area contributed by atoms with E-state index in [0.29, 0.717) is 5.75 Å². The lowest BCUT2D eigenvalue weighted by atomic mass is 10.5. The zero-order valence-corrected chi connectivity index (χ0v) is 8.67. The number of halogens is 4. The molecule has 0 aliphatic carbocycles. The molecule has 78 valence electrons. The molecule has 1 aromatic heterocycles. The molecule has 0 unspecified atom stereocenters. The fourth-order valence-corrected chi connectivity index (χ4v) is 1.64. The fourth-order valence-electron chi connectivity index (χ4n) is 0.746. The maximum atomic E-state index is 12.2. The molecule has 0 aliphatic rings. The second kappa shape index (κ2) is 4.35. The van der Waals surface area contributed by atoms with Crippen LogP contribution in [0.4, 0.5) is 13.2 Å². The van der Waals surface area contributed by atoms with Crippen LogP contribution >= 0.6 is 23.4 Å². The van der Waals surface area contributed by atoms with Crippen LogP contribution in [0.2, 0.25) is 5.15 Å².